The Bertz CT molecular complexity index is 1130. The number of pyridine rings is 2. The molecule has 1 N–H and O–H groups in total. The van der Waals surface area contributed by atoms with Crippen LogP contribution in [0, 0.1) is 0 Å². The van der Waals surface area contributed by atoms with Gasteiger partial charge in [-0.1, -0.05) is 23.7 Å². The number of rotatable bonds is 6. The minimum Gasteiger partial charge on any atom is -0.485 e. The SMILES string of the molecule is O=C(Nc1ncccc1OCc1ccncc1)c1ccn(-c2ccccc2Cl)n1. The Morgan fingerprint density at radius 2 is 1.86 bits per heavy atom. The van der Waals surface area contributed by atoms with Crippen LogP contribution >= 0.6 is 11.6 Å². The number of hydrogen-bond acceptors (Lipinski definition) is 5. The van der Waals surface area contributed by atoms with E-state index in [1.54, 1.807) is 53.7 Å². The normalized spacial score (nSPS) is 10.5. The zero-order chi connectivity index (χ0) is 20.1. The van der Waals surface area contributed by atoms with Crippen LogP contribution in [0.4, 0.5) is 5.82 Å². The molecule has 7 nitrogen and oxygen atoms in total. The van der Waals surface area contributed by atoms with E-state index in [1.807, 2.05) is 30.3 Å². The molecule has 4 rings (SSSR count). The van der Waals surface area contributed by atoms with Crippen molar-refractivity contribution in [2.45, 2.75) is 6.61 Å². The van der Waals surface area contributed by atoms with Crippen LogP contribution < -0.4 is 10.1 Å². The maximum Gasteiger partial charge on any atom is 0.277 e. The van der Waals surface area contributed by atoms with Crippen LogP contribution in [0.3, 0.4) is 0 Å². The van der Waals surface area contributed by atoms with Crippen LogP contribution in [0.5, 0.6) is 5.75 Å². The predicted octanol–water partition coefficient (Wildman–Crippen LogP) is 4.15. The number of carbonyl (C=O) groups is 1. The Hall–Kier alpha value is -3.71. The lowest BCUT2D eigenvalue weighted by atomic mass is 10.3. The molecule has 29 heavy (non-hydrogen) atoms. The molecule has 0 fully saturated rings. The number of amides is 1. The third kappa shape index (κ3) is 4.41. The van der Waals surface area contributed by atoms with Crippen molar-refractivity contribution >= 4 is 23.3 Å². The molecule has 0 spiro atoms. The second-order valence-corrected chi connectivity index (χ2v) is 6.45. The first-order chi connectivity index (χ1) is 14.2. The molecular weight excluding hydrogens is 390 g/mol. The topological polar surface area (TPSA) is 81.9 Å². The molecule has 3 heterocycles. The lowest BCUT2D eigenvalue weighted by Crippen LogP contribution is -2.15. The lowest BCUT2D eigenvalue weighted by Gasteiger charge is -2.11. The van der Waals surface area contributed by atoms with Gasteiger partial charge in [0.25, 0.3) is 5.91 Å². The molecule has 4 aromatic rings. The van der Waals surface area contributed by atoms with Gasteiger partial charge in [-0.2, -0.15) is 5.10 Å². The Morgan fingerprint density at radius 3 is 2.69 bits per heavy atom. The van der Waals surface area contributed by atoms with Gasteiger partial charge in [-0.25, -0.2) is 9.67 Å². The molecule has 3 aromatic heterocycles. The van der Waals surface area contributed by atoms with Gasteiger partial charge in [-0.15, -0.1) is 0 Å². The van der Waals surface area contributed by atoms with Crippen molar-refractivity contribution in [1.29, 1.82) is 0 Å². The molecule has 1 amide bonds. The maximum absolute atomic E-state index is 12.6. The Kier molecular flexibility index (Phi) is 5.49. The number of anilines is 1. The van der Waals surface area contributed by atoms with E-state index in [2.05, 4.69) is 20.4 Å². The fourth-order valence-electron chi connectivity index (χ4n) is 2.63. The van der Waals surface area contributed by atoms with Gasteiger partial charge in [0.1, 0.15) is 6.61 Å². The summed E-state index contributed by atoms with van der Waals surface area (Å²) < 4.78 is 7.35. The third-order valence-electron chi connectivity index (χ3n) is 4.07. The largest absolute Gasteiger partial charge is 0.485 e. The van der Waals surface area contributed by atoms with Crippen molar-refractivity contribution in [3.05, 3.63) is 95.7 Å². The van der Waals surface area contributed by atoms with Gasteiger partial charge in [0, 0.05) is 24.8 Å². The average Bonchev–Trinajstić information content (AvgIpc) is 3.24. The number of ether oxygens (including phenoxy) is 1. The van der Waals surface area contributed by atoms with Crippen molar-refractivity contribution in [2.75, 3.05) is 5.32 Å². The van der Waals surface area contributed by atoms with Gasteiger partial charge >= 0.3 is 0 Å². The van der Waals surface area contributed by atoms with Gasteiger partial charge < -0.3 is 10.1 Å². The van der Waals surface area contributed by atoms with Crippen molar-refractivity contribution < 1.29 is 9.53 Å². The Balaban J connectivity index is 1.48. The van der Waals surface area contributed by atoms with E-state index < -0.39 is 5.91 Å². The predicted molar refractivity (Wildman–Crippen MR) is 109 cm³/mol. The molecule has 0 atom stereocenters. The fourth-order valence-corrected chi connectivity index (χ4v) is 2.85. The standard InChI is InChI=1S/C21H16ClN5O2/c22-16-4-1-2-5-18(16)27-13-9-17(26-27)21(28)25-20-19(6-3-10-24-20)29-14-15-7-11-23-12-8-15/h1-13H,14H2,(H,24,25,28). The number of hydrogen-bond donors (Lipinski definition) is 1. The molecule has 0 unspecified atom stereocenters. The number of nitrogens with one attached hydrogen (secondary N) is 1. The fraction of sp³-hybridized carbons (Fsp3) is 0.0476. The molecule has 1 aromatic carbocycles. The molecule has 0 saturated heterocycles. The highest BCUT2D eigenvalue weighted by molar-refractivity contribution is 6.32. The number of benzene rings is 1. The molecule has 144 valence electrons. The van der Waals surface area contributed by atoms with Gasteiger partial charge in [-0.3, -0.25) is 9.78 Å². The monoisotopic (exact) mass is 405 g/mol. The second kappa shape index (κ2) is 8.53. The summed E-state index contributed by atoms with van der Waals surface area (Å²) in [7, 11) is 0. The summed E-state index contributed by atoms with van der Waals surface area (Å²) in [6.45, 7) is 0.332. The van der Waals surface area contributed by atoms with Gasteiger partial charge in [0.05, 0.1) is 10.7 Å². The van der Waals surface area contributed by atoms with Gasteiger partial charge in [0.15, 0.2) is 17.3 Å². The Labute approximate surface area is 172 Å². The van der Waals surface area contributed by atoms with Crippen LogP contribution in [-0.4, -0.2) is 25.7 Å². The van der Waals surface area contributed by atoms with Crippen molar-refractivity contribution in [1.82, 2.24) is 19.7 Å². The Morgan fingerprint density at radius 1 is 1.03 bits per heavy atom. The molecular formula is C21H16ClN5O2. The van der Waals surface area contributed by atoms with Crippen LogP contribution in [0.2, 0.25) is 5.02 Å². The zero-order valence-electron chi connectivity index (χ0n) is 15.2. The number of aromatic nitrogens is 4. The van der Waals surface area contributed by atoms with Crippen LogP contribution in [-0.2, 0) is 6.61 Å². The van der Waals surface area contributed by atoms with Gasteiger partial charge in [-0.05, 0) is 48.0 Å². The summed E-state index contributed by atoms with van der Waals surface area (Å²) in [5.74, 6) is 0.380. The summed E-state index contributed by atoms with van der Waals surface area (Å²) in [5, 5.41) is 7.59. The van der Waals surface area contributed by atoms with Gasteiger partial charge in [0.2, 0.25) is 0 Å². The first-order valence-corrected chi connectivity index (χ1v) is 9.17. The molecule has 0 aliphatic carbocycles. The second-order valence-electron chi connectivity index (χ2n) is 6.05. The summed E-state index contributed by atoms with van der Waals surface area (Å²) in [5.41, 5.74) is 1.88. The molecule has 0 bridgehead atoms. The highest BCUT2D eigenvalue weighted by Crippen LogP contribution is 2.23. The summed E-state index contributed by atoms with van der Waals surface area (Å²) in [4.78, 5) is 20.8. The van der Waals surface area contributed by atoms with E-state index in [0.29, 0.717) is 28.9 Å². The van der Waals surface area contributed by atoms with Crippen molar-refractivity contribution in [3.8, 4) is 11.4 Å². The minimum absolute atomic E-state index is 0.232. The summed E-state index contributed by atoms with van der Waals surface area (Å²) in [6, 6.07) is 16.1. The third-order valence-corrected chi connectivity index (χ3v) is 4.39. The van der Waals surface area contributed by atoms with Crippen molar-refractivity contribution in [2.24, 2.45) is 0 Å². The first kappa shape index (κ1) is 18.6. The number of para-hydroxylation sites is 1. The first-order valence-electron chi connectivity index (χ1n) is 8.79. The molecule has 8 heteroatoms. The van der Waals surface area contributed by atoms with Crippen LogP contribution in [0.15, 0.2) is 79.4 Å². The zero-order valence-corrected chi connectivity index (χ0v) is 16.0. The maximum atomic E-state index is 12.6. The smallest absolute Gasteiger partial charge is 0.277 e. The lowest BCUT2D eigenvalue weighted by molar-refractivity contribution is 0.102. The summed E-state index contributed by atoms with van der Waals surface area (Å²) in [6.07, 6.45) is 6.65. The van der Waals surface area contributed by atoms with E-state index in [9.17, 15) is 4.79 Å². The quantitative estimate of drug-likeness (QED) is 0.521. The minimum atomic E-state index is -0.400. The molecule has 0 aliphatic rings. The number of nitrogens with zero attached hydrogens (tertiary/aromatic N) is 4. The number of halogens is 1. The van der Waals surface area contributed by atoms with E-state index >= 15 is 0 Å². The summed E-state index contributed by atoms with van der Waals surface area (Å²) >= 11 is 6.19. The molecule has 0 aliphatic heterocycles. The highest BCUT2D eigenvalue weighted by atomic mass is 35.5. The van der Waals surface area contributed by atoms with E-state index in [1.165, 1.54) is 0 Å². The number of carbonyl (C=O) groups excluding carboxylic acids is 1. The van der Waals surface area contributed by atoms with Crippen LogP contribution in [0.1, 0.15) is 16.1 Å². The molecule has 0 saturated carbocycles. The van der Waals surface area contributed by atoms with Crippen LogP contribution in [0.25, 0.3) is 5.69 Å². The van der Waals surface area contributed by atoms with E-state index in [0.717, 1.165) is 5.56 Å². The average molecular weight is 406 g/mol. The molecule has 0 radical (unpaired) electrons. The van der Waals surface area contributed by atoms with E-state index in [-0.39, 0.29) is 5.69 Å². The van der Waals surface area contributed by atoms with Crippen molar-refractivity contribution in [3.63, 3.8) is 0 Å². The van der Waals surface area contributed by atoms with E-state index in [4.69, 9.17) is 16.3 Å². The highest BCUT2D eigenvalue weighted by Gasteiger charge is 2.15.